The van der Waals surface area contributed by atoms with Gasteiger partial charge in [0.1, 0.15) is 0 Å². The lowest BCUT2D eigenvalue weighted by Crippen LogP contribution is -2.33. The Kier molecular flexibility index (Phi) is 4.96. The molecule has 1 heterocycles. The quantitative estimate of drug-likeness (QED) is 0.893. The molecule has 1 saturated heterocycles. The van der Waals surface area contributed by atoms with Crippen molar-refractivity contribution in [3.63, 3.8) is 0 Å². The smallest absolute Gasteiger partial charge is 0.255 e. The van der Waals surface area contributed by atoms with Crippen molar-refractivity contribution in [1.82, 2.24) is 4.90 Å². The van der Waals surface area contributed by atoms with Crippen LogP contribution in [0.5, 0.6) is 0 Å². The second-order valence-electron chi connectivity index (χ2n) is 5.30. The Hall–Kier alpha value is -1.88. The van der Waals surface area contributed by atoms with Crippen LogP contribution in [0.25, 0.3) is 0 Å². The van der Waals surface area contributed by atoms with Crippen LogP contribution in [0.2, 0.25) is 0 Å². The molecule has 21 heavy (non-hydrogen) atoms. The summed E-state index contributed by atoms with van der Waals surface area (Å²) in [5.41, 5.74) is 6.97. The van der Waals surface area contributed by atoms with E-state index in [4.69, 9.17) is 5.73 Å². The second-order valence-corrected chi connectivity index (χ2v) is 5.30. The average Bonchev–Trinajstić information content (AvgIpc) is 2.89. The van der Waals surface area contributed by atoms with Gasteiger partial charge in [0, 0.05) is 26.1 Å². The Morgan fingerprint density at radius 1 is 1.33 bits per heavy atom. The Bertz CT molecular complexity index is 526. The molecule has 2 N–H and O–H groups in total. The molecule has 1 atom stereocenters. The predicted molar refractivity (Wildman–Crippen MR) is 83.2 cm³/mol. The van der Waals surface area contributed by atoms with Gasteiger partial charge in [0.2, 0.25) is 5.91 Å². The van der Waals surface area contributed by atoms with E-state index in [1.807, 2.05) is 32.0 Å². The lowest BCUT2D eigenvalue weighted by atomic mass is 10.1. The van der Waals surface area contributed by atoms with Gasteiger partial charge in [-0.2, -0.15) is 0 Å². The summed E-state index contributed by atoms with van der Waals surface area (Å²) in [5, 5.41) is 0. The first kappa shape index (κ1) is 15.5. The molecule has 0 saturated carbocycles. The fourth-order valence-corrected chi connectivity index (χ4v) is 2.74. The summed E-state index contributed by atoms with van der Waals surface area (Å²) in [6, 6.07) is 7.32. The number of hydrogen-bond donors (Lipinski definition) is 1. The van der Waals surface area contributed by atoms with Gasteiger partial charge in [-0.25, -0.2) is 0 Å². The number of carbonyl (C=O) groups is 2. The van der Waals surface area contributed by atoms with Crippen molar-refractivity contribution in [3.05, 3.63) is 29.8 Å². The van der Waals surface area contributed by atoms with E-state index >= 15 is 0 Å². The van der Waals surface area contributed by atoms with Gasteiger partial charge < -0.3 is 15.5 Å². The van der Waals surface area contributed by atoms with Crippen LogP contribution in [0.1, 0.15) is 30.6 Å². The lowest BCUT2D eigenvalue weighted by Gasteiger charge is -2.24. The van der Waals surface area contributed by atoms with E-state index in [2.05, 4.69) is 0 Å². The van der Waals surface area contributed by atoms with E-state index in [1.165, 1.54) is 0 Å². The van der Waals surface area contributed by atoms with Crippen LogP contribution < -0.4 is 10.6 Å². The number of benzene rings is 1. The monoisotopic (exact) mass is 289 g/mol. The van der Waals surface area contributed by atoms with Crippen molar-refractivity contribution in [2.75, 3.05) is 31.1 Å². The average molecular weight is 289 g/mol. The zero-order chi connectivity index (χ0) is 15.4. The molecule has 0 radical (unpaired) electrons. The summed E-state index contributed by atoms with van der Waals surface area (Å²) in [7, 11) is 0. The minimum Gasteiger partial charge on any atom is -0.339 e. The molecule has 0 bridgehead atoms. The first-order chi connectivity index (χ1) is 10.1. The molecule has 1 unspecified atom stereocenters. The van der Waals surface area contributed by atoms with Gasteiger partial charge in [-0.1, -0.05) is 12.1 Å². The number of anilines is 1. The van der Waals surface area contributed by atoms with Crippen molar-refractivity contribution in [3.8, 4) is 0 Å². The van der Waals surface area contributed by atoms with Crippen LogP contribution in [-0.2, 0) is 4.79 Å². The number of nitrogens with zero attached hydrogens (tertiary/aromatic N) is 2. The third kappa shape index (κ3) is 3.08. The summed E-state index contributed by atoms with van der Waals surface area (Å²) >= 11 is 0. The zero-order valence-electron chi connectivity index (χ0n) is 12.7. The maximum atomic E-state index is 12.6. The Morgan fingerprint density at radius 2 is 2.00 bits per heavy atom. The molecule has 5 heteroatoms. The van der Waals surface area contributed by atoms with Crippen LogP contribution in [0, 0.1) is 5.92 Å². The third-order valence-corrected chi connectivity index (χ3v) is 4.01. The summed E-state index contributed by atoms with van der Waals surface area (Å²) in [6.45, 7) is 6.31. The molecule has 0 spiro atoms. The summed E-state index contributed by atoms with van der Waals surface area (Å²) in [5.74, 6) is 0.193. The number of para-hydroxylation sites is 1. The van der Waals surface area contributed by atoms with E-state index < -0.39 is 0 Å². The molecule has 1 aliphatic rings. The van der Waals surface area contributed by atoms with E-state index in [0.717, 1.165) is 0 Å². The van der Waals surface area contributed by atoms with Gasteiger partial charge >= 0.3 is 0 Å². The molecule has 1 aromatic carbocycles. The molecular formula is C16H23N3O2. The second kappa shape index (κ2) is 6.72. The molecule has 1 aliphatic heterocycles. The molecule has 1 aromatic rings. The van der Waals surface area contributed by atoms with Crippen LogP contribution in [0.4, 0.5) is 5.69 Å². The summed E-state index contributed by atoms with van der Waals surface area (Å²) in [4.78, 5) is 28.2. The number of carbonyl (C=O) groups excluding carboxylic acids is 2. The Balaban J connectivity index is 2.33. The van der Waals surface area contributed by atoms with Crippen molar-refractivity contribution in [2.24, 2.45) is 11.7 Å². The summed E-state index contributed by atoms with van der Waals surface area (Å²) in [6.07, 6.45) is 0.463. The van der Waals surface area contributed by atoms with Gasteiger partial charge in [-0.3, -0.25) is 9.59 Å². The molecule has 5 nitrogen and oxygen atoms in total. The zero-order valence-corrected chi connectivity index (χ0v) is 12.7. The fraction of sp³-hybridized carbons (Fsp3) is 0.500. The van der Waals surface area contributed by atoms with E-state index in [1.54, 1.807) is 15.9 Å². The highest BCUT2D eigenvalue weighted by Crippen LogP contribution is 2.28. The first-order valence-corrected chi connectivity index (χ1v) is 7.51. The lowest BCUT2D eigenvalue weighted by molar-refractivity contribution is -0.117. The van der Waals surface area contributed by atoms with Crippen molar-refractivity contribution < 1.29 is 9.59 Å². The Morgan fingerprint density at radius 3 is 2.57 bits per heavy atom. The predicted octanol–water partition coefficient (Wildman–Crippen LogP) is 1.48. The Labute approximate surface area is 125 Å². The van der Waals surface area contributed by atoms with Crippen molar-refractivity contribution >= 4 is 17.5 Å². The molecule has 1 fully saturated rings. The number of rotatable bonds is 5. The minimum atomic E-state index is -0.0281. The van der Waals surface area contributed by atoms with Gasteiger partial charge in [0.15, 0.2) is 0 Å². The highest BCUT2D eigenvalue weighted by atomic mass is 16.2. The summed E-state index contributed by atoms with van der Waals surface area (Å²) < 4.78 is 0. The molecule has 2 rings (SSSR count). The molecule has 0 aromatic heterocycles. The molecule has 2 amide bonds. The maximum Gasteiger partial charge on any atom is 0.255 e. The molecule has 114 valence electrons. The van der Waals surface area contributed by atoms with Crippen LogP contribution >= 0.6 is 0 Å². The highest BCUT2D eigenvalue weighted by Gasteiger charge is 2.32. The normalized spacial score (nSPS) is 18.1. The standard InChI is InChI=1S/C16H23N3O2/c1-3-18(4-2)16(21)13-7-5-6-8-14(13)19-11-12(10-17)9-15(19)20/h5-8,12H,3-4,9-11,17H2,1-2H3. The van der Waals surface area contributed by atoms with E-state index in [9.17, 15) is 9.59 Å². The fourth-order valence-electron chi connectivity index (χ4n) is 2.74. The number of hydrogen-bond acceptors (Lipinski definition) is 3. The SMILES string of the molecule is CCN(CC)C(=O)c1ccccc1N1CC(CN)CC1=O. The van der Waals surface area contributed by atoms with Crippen LogP contribution in [-0.4, -0.2) is 42.9 Å². The molecular weight excluding hydrogens is 266 g/mol. The van der Waals surface area contributed by atoms with E-state index in [-0.39, 0.29) is 17.7 Å². The van der Waals surface area contributed by atoms with Gasteiger partial charge in [0.25, 0.3) is 5.91 Å². The highest BCUT2D eigenvalue weighted by molar-refractivity contribution is 6.05. The largest absolute Gasteiger partial charge is 0.339 e. The van der Waals surface area contributed by atoms with Gasteiger partial charge in [-0.05, 0) is 38.4 Å². The number of amides is 2. The topological polar surface area (TPSA) is 66.6 Å². The minimum absolute atomic E-state index is 0.0281. The number of nitrogens with two attached hydrogens (primary N) is 1. The van der Waals surface area contributed by atoms with Crippen molar-refractivity contribution in [2.45, 2.75) is 20.3 Å². The van der Waals surface area contributed by atoms with Crippen molar-refractivity contribution in [1.29, 1.82) is 0 Å². The van der Waals surface area contributed by atoms with Gasteiger partial charge in [-0.15, -0.1) is 0 Å². The van der Waals surface area contributed by atoms with Gasteiger partial charge in [0.05, 0.1) is 11.3 Å². The molecule has 0 aliphatic carbocycles. The first-order valence-electron chi connectivity index (χ1n) is 7.51. The van der Waals surface area contributed by atoms with Crippen LogP contribution in [0.3, 0.4) is 0 Å². The third-order valence-electron chi connectivity index (χ3n) is 4.01. The van der Waals surface area contributed by atoms with E-state index in [0.29, 0.717) is 43.9 Å². The maximum absolute atomic E-state index is 12.6. The van der Waals surface area contributed by atoms with Crippen LogP contribution in [0.15, 0.2) is 24.3 Å².